The van der Waals surface area contributed by atoms with Crippen molar-refractivity contribution in [3.63, 3.8) is 0 Å². The Kier molecular flexibility index (Phi) is 5.92. The highest BCUT2D eigenvalue weighted by molar-refractivity contribution is 5.91. The van der Waals surface area contributed by atoms with Gasteiger partial charge in [-0.05, 0) is 35.4 Å². The molecule has 0 aliphatic carbocycles. The largest absolute Gasteiger partial charge is 0.379 e. The van der Waals surface area contributed by atoms with E-state index in [-0.39, 0.29) is 17.4 Å². The van der Waals surface area contributed by atoms with E-state index < -0.39 is 0 Å². The van der Waals surface area contributed by atoms with E-state index in [9.17, 15) is 9.18 Å². The number of hydrogen-bond donors (Lipinski definition) is 1. The number of nitrogens with one attached hydrogen (secondary N) is 1. The van der Waals surface area contributed by atoms with Crippen molar-refractivity contribution in [2.24, 2.45) is 0 Å². The van der Waals surface area contributed by atoms with Gasteiger partial charge in [-0.15, -0.1) is 5.10 Å². The molecule has 4 rings (SSSR count). The third-order valence-electron chi connectivity index (χ3n) is 4.84. The zero-order valence-corrected chi connectivity index (χ0v) is 15.9. The van der Waals surface area contributed by atoms with Gasteiger partial charge in [-0.2, -0.15) is 9.90 Å². The van der Waals surface area contributed by atoms with Crippen molar-refractivity contribution in [3.05, 3.63) is 77.4 Å². The predicted octanol–water partition coefficient (Wildman–Crippen LogP) is 2.17. The number of amides is 1. The van der Waals surface area contributed by atoms with Gasteiger partial charge in [0.05, 0.1) is 25.1 Å². The van der Waals surface area contributed by atoms with Crippen LogP contribution in [0.1, 0.15) is 21.6 Å². The maximum absolute atomic E-state index is 13.1. The van der Waals surface area contributed by atoms with Crippen LogP contribution in [0.3, 0.4) is 0 Å². The molecular weight excluding hydrogens is 373 g/mol. The number of nitrogens with zero attached hydrogens (tertiary/aromatic N) is 4. The molecule has 1 amide bonds. The van der Waals surface area contributed by atoms with Gasteiger partial charge < -0.3 is 10.1 Å². The molecule has 1 N–H and O–H groups in total. The minimum Gasteiger partial charge on any atom is -0.379 e. The second-order valence-corrected chi connectivity index (χ2v) is 6.84. The van der Waals surface area contributed by atoms with Crippen LogP contribution in [0.5, 0.6) is 0 Å². The molecule has 3 aromatic rings. The van der Waals surface area contributed by atoms with Gasteiger partial charge in [-0.1, -0.05) is 24.3 Å². The number of ether oxygens (including phenoxy) is 1. The second-order valence-electron chi connectivity index (χ2n) is 6.84. The molecule has 0 radical (unpaired) electrons. The molecule has 0 atom stereocenters. The minimum atomic E-state index is -0.338. The summed E-state index contributed by atoms with van der Waals surface area (Å²) in [5.74, 6) is -0.644. The highest BCUT2D eigenvalue weighted by Gasteiger charge is 2.15. The van der Waals surface area contributed by atoms with E-state index in [1.54, 1.807) is 12.1 Å². The maximum Gasteiger partial charge on any atom is 0.273 e. The van der Waals surface area contributed by atoms with Crippen LogP contribution in [0, 0.1) is 5.82 Å². The van der Waals surface area contributed by atoms with Crippen LogP contribution in [-0.2, 0) is 17.8 Å². The first-order valence-corrected chi connectivity index (χ1v) is 9.52. The predicted molar refractivity (Wildman–Crippen MR) is 105 cm³/mol. The van der Waals surface area contributed by atoms with Crippen molar-refractivity contribution in [1.29, 1.82) is 0 Å². The summed E-state index contributed by atoms with van der Waals surface area (Å²) in [7, 11) is 0. The first kappa shape index (κ1) is 19.2. The van der Waals surface area contributed by atoms with Crippen molar-refractivity contribution in [2.75, 3.05) is 26.3 Å². The monoisotopic (exact) mass is 395 g/mol. The number of aromatic nitrogens is 3. The van der Waals surface area contributed by atoms with E-state index in [4.69, 9.17) is 4.74 Å². The van der Waals surface area contributed by atoms with Crippen molar-refractivity contribution in [1.82, 2.24) is 25.2 Å². The minimum absolute atomic E-state index is 0.208. The highest BCUT2D eigenvalue weighted by Crippen LogP contribution is 2.13. The van der Waals surface area contributed by atoms with Crippen LogP contribution < -0.4 is 5.32 Å². The summed E-state index contributed by atoms with van der Waals surface area (Å²) in [5.41, 5.74) is 3.05. The van der Waals surface area contributed by atoms with Crippen LogP contribution >= 0.6 is 0 Å². The van der Waals surface area contributed by atoms with Crippen LogP contribution in [0.2, 0.25) is 0 Å². The van der Waals surface area contributed by atoms with Gasteiger partial charge in [0, 0.05) is 26.2 Å². The second kappa shape index (κ2) is 8.93. The molecule has 0 spiro atoms. The molecule has 1 aromatic heterocycles. The Labute approximate surface area is 168 Å². The maximum atomic E-state index is 13.1. The summed E-state index contributed by atoms with van der Waals surface area (Å²) in [6, 6.07) is 13.8. The number of carbonyl (C=O) groups excluding carboxylic acids is 1. The summed E-state index contributed by atoms with van der Waals surface area (Å²) >= 11 is 0. The van der Waals surface area contributed by atoms with E-state index in [0.717, 1.165) is 38.4 Å². The Balaban J connectivity index is 1.39. The van der Waals surface area contributed by atoms with Crippen molar-refractivity contribution >= 4 is 5.91 Å². The fourth-order valence-corrected chi connectivity index (χ4v) is 3.22. The standard InChI is InChI=1S/C21H22FN5O2/c22-18-5-7-19(8-6-18)27-24-14-20(25-27)21(28)23-13-16-3-1-2-4-17(16)15-26-9-11-29-12-10-26/h1-8,14H,9-13,15H2,(H,23,28). The first-order chi connectivity index (χ1) is 14.2. The number of carbonyl (C=O) groups is 1. The Morgan fingerprint density at radius 1 is 1.07 bits per heavy atom. The molecule has 0 saturated carbocycles. The molecule has 150 valence electrons. The first-order valence-electron chi connectivity index (χ1n) is 9.52. The molecule has 7 nitrogen and oxygen atoms in total. The Morgan fingerprint density at radius 2 is 1.79 bits per heavy atom. The van der Waals surface area contributed by atoms with Crippen molar-refractivity contribution in [3.8, 4) is 5.69 Å². The quantitative estimate of drug-likeness (QED) is 0.693. The Bertz CT molecular complexity index is 967. The molecular formula is C21H22FN5O2. The summed E-state index contributed by atoms with van der Waals surface area (Å²) in [5, 5.41) is 11.2. The molecule has 2 aromatic carbocycles. The van der Waals surface area contributed by atoms with Gasteiger partial charge in [-0.25, -0.2) is 4.39 Å². The number of benzene rings is 2. The average Bonchev–Trinajstić information content (AvgIpc) is 3.24. The van der Waals surface area contributed by atoms with Gasteiger partial charge in [0.25, 0.3) is 5.91 Å². The van der Waals surface area contributed by atoms with Gasteiger partial charge in [0.2, 0.25) is 0 Å². The molecule has 0 bridgehead atoms. The van der Waals surface area contributed by atoms with E-state index in [1.807, 2.05) is 18.2 Å². The van der Waals surface area contributed by atoms with Crippen LogP contribution in [-0.4, -0.2) is 52.1 Å². The molecule has 1 aliphatic rings. The number of rotatable bonds is 6. The molecule has 1 aliphatic heterocycles. The zero-order chi connectivity index (χ0) is 20.1. The summed E-state index contributed by atoms with van der Waals surface area (Å²) < 4.78 is 18.5. The number of morpholine rings is 1. The molecule has 1 saturated heterocycles. The summed E-state index contributed by atoms with van der Waals surface area (Å²) in [4.78, 5) is 16.2. The molecule has 1 fully saturated rings. The lowest BCUT2D eigenvalue weighted by atomic mass is 10.1. The van der Waals surface area contributed by atoms with Crippen molar-refractivity contribution < 1.29 is 13.9 Å². The zero-order valence-electron chi connectivity index (χ0n) is 15.9. The van der Waals surface area contributed by atoms with Crippen molar-refractivity contribution in [2.45, 2.75) is 13.1 Å². The van der Waals surface area contributed by atoms with E-state index in [1.165, 1.54) is 28.7 Å². The fraction of sp³-hybridized carbons (Fsp3) is 0.286. The highest BCUT2D eigenvalue weighted by atomic mass is 19.1. The van der Waals surface area contributed by atoms with Gasteiger partial charge >= 0.3 is 0 Å². The molecule has 0 unspecified atom stereocenters. The number of halogens is 1. The van der Waals surface area contributed by atoms with Crippen LogP contribution in [0.25, 0.3) is 5.69 Å². The van der Waals surface area contributed by atoms with E-state index in [2.05, 4.69) is 26.5 Å². The molecule has 2 heterocycles. The Morgan fingerprint density at radius 3 is 2.55 bits per heavy atom. The lowest BCUT2D eigenvalue weighted by Gasteiger charge is -2.27. The lowest BCUT2D eigenvalue weighted by molar-refractivity contribution is 0.0340. The van der Waals surface area contributed by atoms with Gasteiger partial charge in [0.1, 0.15) is 5.82 Å². The van der Waals surface area contributed by atoms with E-state index in [0.29, 0.717) is 12.2 Å². The fourth-order valence-electron chi connectivity index (χ4n) is 3.22. The summed E-state index contributed by atoms with van der Waals surface area (Å²) in [6.07, 6.45) is 1.40. The Hall–Kier alpha value is -3.10. The average molecular weight is 395 g/mol. The topological polar surface area (TPSA) is 72.3 Å². The summed E-state index contributed by atoms with van der Waals surface area (Å²) in [6.45, 7) is 4.56. The smallest absolute Gasteiger partial charge is 0.273 e. The molecule has 8 heteroatoms. The lowest BCUT2D eigenvalue weighted by Crippen LogP contribution is -2.36. The third-order valence-corrected chi connectivity index (χ3v) is 4.84. The SMILES string of the molecule is O=C(NCc1ccccc1CN1CCOCC1)c1cnn(-c2ccc(F)cc2)n1. The third kappa shape index (κ3) is 4.85. The van der Waals surface area contributed by atoms with Crippen LogP contribution in [0.4, 0.5) is 4.39 Å². The molecule has 29 heavy (non-hydrogen) atoms. The van der Waals surface area contributed by atoms with Crippen LogP contribution in [0.15, 0.2) is 54.7 Å². The van der Waals surface area contributed by atoms with Gasteiger partial charge in [-0.3, -0.25) is 9.69 Å². The van der Waals surface area contributed by atoms with E-state index >= 15 is 0 Å². The normalized spacial score (nSPS) is 14.7. The number of hydrogen-bond acceptors (Lipinski definition) is 5. The van der Waals surface area contributed by atoms with Gasteiger partial charge in [0.15, 0.2) is 5.69 Å².